The highest BCUT2D eigenvalue weighted by Gasteiger charge is 2.21. The first kappa shape index (κ1) is 21.2. The van der Waals surface area contributed by atoms with E-state index in [1.807, 2.05) is 0 Å². The van der Waals surface area contributed by atoms with E-state index in [1.54, 1.807) is 0 Å². The normalized spacial score (nSPS) is 10.9. The number of rotatable bonds is 8. The van der Waals surface area contributed by atoms with Gasteiger partial charge in [0.05, 0.1) is 5.56 Å². The van der Waals surface area contributed by atoms with Gasteiger partial charge in [-0.05, 0) is 36.4 Å². The summed E-state index contributed by atoms with van der Waals surface area (Å²) < 4.78 is 57.9. The third kappa shape index (κ3) is 5.69. The lowest BCUT2D eigenvalue weighted by atomic mass is 10.2. The molecule has 2 rings (SSSR count). The van der Waals surface area contributed by atoms with Gasteiger partial charge in [0.1, 0.15) is 16.5 Å². The Bertz CT molecular complexity index is 1010. The lowest BCUT2D eigenvalue weighted by Crippen LogP contribution is -2.25. The van der Waals surface area contributed by atoms with Gasteiger partial charge < -0.3 is 10.1 Å². The zero-order valence-electron chi connectivity index (χ0n) is 14.4. The predicted octanol–water partition coefficient (Wildman–Crippen LogP) is 2.22. The van der Waals surface area contributed by atoms with Gasteiger partial charge in [-0.1, -0.05) is 12.1 Å². The molecular weight excluding hydrogens is 394 g/mol. The lowest BCUT2D eigenvalue weighted by molar-refractivity contribution is -0.119. The van der Waals surface area contributed by atoms with Crippen molar-refractivity contribution in [1.29, 1.82) is 0 Å². The summed E-state index contributed by atoms with van der Waals surface area (Å²) in [4.78, 5) is 23.1. The Labute approximate surface area is 160 Å². The van der Waals surface area contributed by atoms with Crippen LogP contribution < -0.4 is 10.0 Å². The molecule has 10 heteroatoms. The first-order valence-corrected chi connectivity index (χ1v) is 9.34. The number of ether oxygens (including phenoxy) is 1. The highest BCUT2D eigenvalue weighted by molar-refractivity contribution is 7.89. The molecule has 0 bridgehead atoms. The zero-order valence-corrected chi connectivity index (χ0v) is 15.3. The Hall–Kier alpha value is -3.11. The Balaban J connectivity index is 2.05. The van der Waals surface area contributed by atoms with Crippen molar-refractivity contribution >= 4 is 27.6 Å². The number of hydrogen-bond acceptors (Lipinski definition) is 5. The van der Waals surface area contributed by atoms with Crippen LogP contribution in [-0.4, -0.2) is 33.4 Å². The quantitative estimate of drug-likeness (QED) is 0.513. The monoisotopic (exact) mass is 410 g/mol. The summed E-state index contributed by atoms with van der Waals surface area (Å²) in [5, 5.41) is 2.33. The van der Waals surface area contributed by atoms with E-state index in [0.717, 1.165) is 24.3 Å². The maximum absolute atomic E-state index is 13.9. The molecule has 28 heavy (non-hydrogen) atoms. The van der Waals surface area contributed by atoms with Crippen molar-refractivity contribution in [3.05, 3.63) is 72.3 Å². The molecule has 2 aromatic rings. The summed E-state index contributed by atoms with van der Waals surface area (Å²) in [5.41, 5.74) is -0.0940. The maximum atomic E-state index is 13.9. The van der Waals surface area contributed by atoms with Crippen molar-refractivity contribution in [2.75, 3.05) is 18.5 Å². The van der Waals surface area contributed by atoms with Crippen LogP contribution in [0.5, 0.6) is 0 Å². The van der Waals surface area contributed by atoms with Crippen LogP contribution in [-0.2, 0) is 19.6 Å². The van der Waals surface area contributed by atoms with Crippen molar-refractivity contribution < 1.29 is 31.5 Å². The number of benzene rings is 2. The number of carbonyl (C=O) groups is 2. The molecule has 0 unspecified atom stereocenters. The molecule has 0 aliphatic heterocycles. The largest absolute Gasteiger partial charge is 0.452 e. The summed E-state index contributed by atoms with van der Waals surface area (Å²) in [6, 6.07) is 7.72. The highest BCUT2D eigenvalue weighted by atomic mass is 32.2. The van der Waals surface area contributed by atoms with E-state index >= 15 is 0 Å². The van der Waals surface area contributed by atoms with Gasteiger partial charge >= 0.3 is 5.97 Å². The second-order valence-electron chi connectivity index (χ2n) is 5.42. The lowest BCUT2D eigenvalue weighted by Gasteiger charge is -2.09. The van der Waals surface area contributed by atoms with E-state index in [4.69, 9.17) is 4.74 Å². The summed E-state index contributed by atoms with van der Waals surface area (Å²) in [5.74, 6) is -3.38. The number of halogens is 2. The molecule has 0 aliphatic carbocycles. The third-order valence-electron chi connectivity index (χ3n) is 3.32. The van der Waals surface area contributed by atoms with E-state index in [0.29, 0.717) is 0 Å². The van der Waals surface area contributed by atoms with E-state index in [-0.39, 0.29) is 17.8 Å². The summed E-state index contributed by atoms with van der Waals surface area (Å²) in [7, 11) is -4.20. The van der Waals surface area contributed by atoms with Gasteiger partial charge in [-0.2, -0.15) is 0 Å². The van der Waals surface area contributed by atoms with Crippen LogP contribution >= 0.6 is 0 Å². The molecule has 2 N–H and O–H groups in total. The van der Waals surface area contributed by atoms with Crippen LogP contribution in [0.1, 0.15) is 10.4 Å². The van der Waals surface area contributed by atoms with Crippen LogP contribution in [0.3, 0.4) is 0 Å². The molecule has 0 saturated heterocycles. The Morgan fingerprint density at radius 2 is 1.89 bits per heavy atom. The molecule has 0 aliphatic rings. The van der Waals surface area contributed by atoms with Gasteiger partial charge in [0.25, 0.3) is 5.91 Å². The first-order valence-electron chi connectivity index (χ1n) is 7.85. The summed E-state index contributed by atoms with van der Waals surface area (Å²) >= 11 is 0. The van der Waals surface area contributed by atoms with Crippen LogP contribution in [0.15, 0.2) is 60.0 Å². The maximum Gasteiger partial charge on any atom is 0.338 e. The summed E-state index contributed by atoms with van der Waals surface area (Å²) in [6.07, 6.45) is 1.27. The average Bonchev–Trinajstić information content (AvgIpc) is 2.64. The molecule has 1 amide bonds. The number of anilines is 1. The van der Waals surface area contributed by atoms with Crippen molar-refractivity contribution in [3.8, 4) is 0 Å². The fraction of sp³-hybridized carbons (Fsp3) is 0.111. The predicted molar refractivity (Wildman–Crippen MR) is 97.1 cm³/mol. The Kier molecular flexibility index (Phi) is 6.96. The molecule has 7 nitrogen and oxygen atoms in total. The standard InChI is InChI=1S/C18H16F2N2O5S/c1-2-8-21-28(25,26)16-9-12(6-7-15(16)20)18(24)27-11-17(23)22-14-5-3-4-13(19)10-14/h2-7,9-10,21H,1,8,11H2,(H,22,23). The van der Waals surface area contributed by atoms with E-state index in [9.17, 15) is 26.8 Å². The second-order valence-corrected chi connectivity index (χ2v) is 7.16. The fourth-order valence-electron chi connectivity index (χ4n) is 2.06. The van der Waals surface area contributed by atoms with Gasteiger partial charge in [-0.3, -0.25) is 4.79 Å². The average molecular weight is 410 g/mol. The summed E-state index contributed by atoms with van der Waals surface area (Å²) in [6.45, 7) is 2.51. The molecular formula is C18H16F2N2O5S. The van der Waals surface area contributed by atoms with E-state index < -0.39 is 45.0 Å². The van der Waals surface area contributed by atoms with Crippen molar-refractivity contribution in [1.82, 2.24) is 4.72 Å². The number of sulfonamides is 1. The number of amides is 1. The van der Waals surface area contributed by atoms with Crippen LogP contribution in [0.4, 0.5) is 14.5 Å². The minimum absolute atomic E-state index is 0.128. The minimum atomic E-state index is -4.20. The van der Waals surface area contributed by atoms with Crippen LogP contribution in [0, 0.1) is 11.6 Å². The molecule has 0 saturated carbocycles. The molecule has 148 valence electrons. The number of esters is 1. The number of carbonyl (C=O) groups excluding carboxylic acids is 2. The molecule has 0 aromatic heterocycles. The van der Waals surface area contributed by atoms with Gasteiger partial charge in [-0.15, -0.1) is 6.58 Å². The zero-order chi connectivity index (χ0) is 20.7. The van der Waals surface area contributed by atoms with E-state index in [1.165, 1.54) is 24.3 Å². The van der Waals surface area contributed by atoms with Crippen molar-refractivity contribution in [3.63, 3.8) is 0 Å². The smallest absolute Gasteiger partial charge is 0.338 e. The molecule has 0 heterocycles. The molecule has 0 fully saturated rings. The molecule has 0 radical (unpaired) electrons. The van der Waals surface area contributed by atoms with Crippen LogP contribution in [0.25, 0.3) is 0 Å². The Morgan fingerprint density at radius 3 is 2.57 bits per heavy atom. The van der Waals surface area contributed by atoms with Crippen molar-refractivity contribution in [2.24, 2.45) is 0 Å². The van der Waals surface area contributed by atoms with Gasteiger partial charge in [0, 0.05) is 12.2 Å². The Morgan fingerprint density at radius 1 is 1.14 bits per heavy atom. The molecule has 0 spiro atoms. The molecule has 2 aromatic carbocycles. The fourth-order valence-corrected chi connectivity index (χ4v) is 3.16. The topological polar surface area (TPSA) is 102 Å². The first-order chi connectivity index (χ1) is 13.2. The minimum Gasteiger partial charge on any atom is -0.452 e. The SMILES string of the molecule is C=CCNS(=O)(=O)c1cc(C(=O)OCC(=O)Nc2cccc(F)c2)ccc1F. The number of nitrogens with one attached hydrogen (secondary N) is 2. The highest BCUT2D eigenvalue weighted by Crippen LogP contribution is 2.17. The van der Waals surface area contributed by atoms with Gasteiger partial charge in [-0.25, -0.2) is 26.7 Å². The third-order valence-corrected chi connectivity index (χ3v) is 4.76. The van der Waals surface area contributed by atoms with Crippen molar-refractivity contribution in [2.45, 2.75) is 4.90 Å². The number of hydrogen-bond donors (Lipinski definition) is 2. The van der Waals surface area contributed by atoms with Gasteiger partial charge in [0.15, 0.2) is 6.61 Å². The molecule has 0 atom stereocenters. The van der Waals surface area contributed by atoms with Gasteiger partial charge in [0.2, 0.25) is 10.0 Å². The van der Waals surface area contributed by atoms with E-state index in [2.05, 4.69) is 16.6 Å². The second kappa shape index (κ2) is 9.20. The van der Waals surface area contributed by atoms with Crippen LogP contribution in [0.2, 0.25) is 0 Å².